The molecule has 2 aromatic rings. The lowest BCUT2D eigenvalue weighted by molar-refractivity contribution is 0.104. The lowest BCUT2D eigenvalue weighted by Crippen LogP contribution is -2.02. The van der Waals surface area contributed by atoms with Crippen LogP contribution in [0.1, 0.15) is 38.8 Å². The molecule has 1 aromatic heterocycles. The minimum Gasteiger partial charge on any atom is -0.490 e. The zero-order valence-electron chi connectivity index (χ0n) is 11.0. The Morgan fingerprint density at radius 3 is 2.79 bits per heavy atom. The molecule has 1 aromatic carbocycles. The molecule has 0 unspecified atom stereocenters. The maximum atomic E-state index is 12.4. The highest BCUT2D eigenvalue weighted by Crippen LogP contribution is 2.28. The van der Waals surface area contributed by atoms with E-state index in [1.165, 1.54) is 11.3 Å². The molecule has 3 rings (SSSR count). The van der Waals surface area contributed by atoms with Crippen LogP contribution in [0.4, 0.5) is 0 Å². The van der Waals surface area contributed by atoms with Gasteiger partial charge in [-0.25, -0.2) is 4.98 Å². The number of ether oxygens (including phenoxy) is 1. The average molecular weight is 273 g/mol. The number of aryl methyl sites for hydroxylation is 2. The standard InChI is InChI=1S/C15H15NO2S/c1-9-15(19-10(2)16-9)14(17)11-4-3-5-13(8-11)18-12-6-7-12/h3-5,8,12H,6-7H2,1-2H3. The maximum Gasteiger partial charge on any atom is 0.204 e. The Kier molecular flexibility index (Phi) is 3.11. The van der Waals surface area contributed by atoms with Gasteiger partial charge in [0.05, 0.1) is 21.7 Å². The third-order valence-electron chi connectivity index (χ3n) is 3.03. The fourth-order valence-electron chi connectivity index (χ4n) is 1.96. The molecule has 1 aliphatic rings. The molecule has 1 saturated carbocycles. The van der Waals surface area contributed by atoms with Crippen LogP contribution in [0.2, 0.25) is 0 Å². The molecule has 19 heavy (non-hydrogen) atoms. The van der Waals surface area contributed by atoms with Gasteiger partial charge in [0, 0.05) is 5.56 Å². The van der Waals surface area contributed by atoms with Gasteiger partial charge in [-0.05, 0) is 38.8 Å². The molecule has 0 bridgehead atoms. The SMILES string of the molecule is Cc1nc(C)c(C(=O)c2cccc(OC3CC3)c2)s1. The number of carbonyl (C=O) groups excluding carboxylic acids is 1. The quantitative estimate of drug-likeness (QED) is 0.800. The first-order chi connectivity index (χ1) is 9.13. The van der Waals surface area contributed by atoms with Gasteiger partial charge >= 0.3 is 0 Å². The second-order valence-corrected chi connectivity index (χ2v) is 6.02. The summed E-state index contributed by atoms with van der Waals surface area (Å²) >= 11 is 1.45. The zero-order chi connectivity index (χ0) is 13.4. The van der Waals surface area contributed by atoms with Crippen molar-refractivity contribution in [1.82, 2.24) is 4.98 Å². The van der Waals surface area contributed by atoms with Gasteiger partial charge in [-0.3, -0.25) is 4.79 Å². The van der Waals surface area contributed by atoms with Gasteiger partial charge in [-0.2, -0.15) is 0 Å². The van der Waals surface area contributed by atoms with Crippen LogP contribution >= 0.6 is 11.3 Å². The highest BCUT2D eigenvalue weighted by Gasteiger charge is 2.24. The smallest absolute Gasteiger partial charge is 0.204 e. The van der Waals surface area contributed by atoms with Crippen molar-refractivity contribution in [2.75, 3.05) is 0 Å². The van der Waals surface area contributed by atoms with Crippen LogP contribution in [0.25, 0.3) is 0 Å². The normalized spacial score (nSPS) is 14.4. The van der Waals surface area contributed by atoms with E-state index in [0.717, 1.165) is 34.2 Å². The van der Waals surface area contributed by atoms with Crippen LogP contribution < -0.4 is 4.74 Å². The van der Waals surface area contributed by atoms with Gasteiger partial charge in [0.1, 0.15) is 5.75 Å². The Labute approximate surface area is 116 Å². The Bertz CT molecular complexity index is 629. The predicted octanol–water partition coefficient (Wildman–Crippen LogP) is 3.53. The molecular formula is C15H15NO2S. The number of nitrogens with zero attached hydrogens (tertiary/aromatic N) is 1. The molecule has 4 heteroatoms. The Hall–Kier alpha value is -1.68. The van der Waals surface area contributed by atoms with Crippen molar-refractivity contribution in [2.45, 2.75) is 32.8 Å². The van der Waals surface area contributed by atoms with Gasteiger partial charge < -0.3 is 4.74 Å². The van der Waals surface area contributed by atoms with Crippen LogP contribution in [0.5, 0.6) is 5.75 Å². The van der Waals surface area contributed by atoms with Crippen LogP contribution in [0.3, 0.4) is 0 Å². The molecule has 0 spiro atoms. The first-order valence-electron chi connectivity index (χ1n) is 6.39. The van der Waals surface area contributed by atoms with Crippen LogP contribution in [-0.4, -0.2) is 16.9 Å². The van der Waals surface area contributed by atoms with Crippen molar-refractivity contribution >= 4 is 17.1 Å². The van der Waals surface area contributed by atoms with Gasteiger partial charge in [0.15, 0.2) is 0 Å². The van der Waals surface area contributed by atoms with Gasteiger partial charge in [0.2, 0.25) is 5.78 Å². The second kappa shape index (κ2) is 4.78. The van der Waals surface area contributed by atoms with Crippen LogP contribution in [-0.2, 0) is 0 Å². The number of hydrogen-bond acceptors (Lipinski definition) is 4. The van der Waals surface area contributed by atoms with Gasteiger partial charge in [0.25, 0.3) is 0 Å². The van der Waals surface area contributed by atoms with E-state index < -0.39 is 0 Å². The first kappa shape index (κ1) is 12.4. The Morgan fingerprint density at radius 2 is 2.16 bits per heavy atom. The molecule has 0 aliphatic heterocycles. The van der Waals surface area contributed by atoms with E-state index in [4.69, 9.17) is 4.74 Å². The van der Waals surface area contributed by atoms with Crippen molar-refractivity contribution in [3.63, 3.8) is 0 Å². The number of hydrogen-bond donors (Lipinski definition) is 0. The Morgan fingerprint density at radius 1 is 1.37 bits per heavy atom. The maximum absolute atomic E-state index is 12.4. The molecule has 1 aliphatic carbocycles. The summed E-state index contributed by atoms with van der Waals surface area (Å²) in [5.74, 6) is 0.816. The van der Waals surface area contributed by atoms with Crippen LogP contribution in [0.15, 0.2) is 24.3 Å². The van der Waals surface area contributed by atoms with E-state index >= 15 is 0 Å². The topological polar surface area (TPSA) is 39.2 Å². The fourth-order valence-corrected chi connectivity index (χ4v) is 2.84. The number of thiazole rings is 1. The molecule has 1 heterocycles. The van der Waals surface area contributed by atoms with Crippen molar-refractivity contribution in [1.29, 1.82) is 0 Å². The number of ketones is 1. The minimum absolute atomic E-state index is 0.0318. The van der Waals surface area contributed by atoms with Gasteiger partial charge in [-0.15, -0.1) is 11.3 Å². The average Bonchev–Trinajstić information content (AvgIpc) is 3.13. The summed E-state index contributed by atoms with van der Waals surface area (Å²) < 4.78 is 5.72. The second-order valence-electron chi connectivity index (χ2n) is 4.82. The predicted molar refractivity (Wildman–Crippen MR) is 75.1 cm³/mol. The summed E-state index contributed by atoms with van der Waals surface area (Å²) in [6, 6.07) is 7.43. The van der Waals surface area contributed by atoms with E-state index in [2.05, 4.69) is 4.98 Å². The molecular weight excluding hydrogens is 258 g/mol. The van der Waals surface area contributed by atoms with Crippen molar-refractivity contribution in [2.24, 2.45) is 0 Å². The molecule has 98 valence electrons. The minimum atomic E-state index is 0.0318. The lowest BCUT2D eigenvalue weighted by atomic mass is 10.1. The first-order valence-corrected chi connectivity index (χ1v) is 7.20. The zero-order valence-corrected chi connectivity index (χ0v) is 11.8. The number of benzene rings is 1. The van der Waals surface area contributed by atoms with Crippen molar-refractivity contribution in [3.05, 3.63) is 45.4 Å². The summed E-state index contributed by atoms with van der Waals surface area (Å²) in [7, 11) is 0. The van der Waals surface area contributed by atoms with E-state index in [1.54, 1.807) is 0 Å². The largest absolute Gasteiger partial charge is 0.490 e. The lowest BCUT2D eigenvalue weighted by Gasteiger charge is -2.05. The fraction of sp³-hybridized carbons (Fsp3) is 0.333. The highest BCUT2D eigenvalue weighted by atomic mass is 32.1. The summed E-state index contributed by atoms with van der Waals surface area (Å²) in [4.78, 5) is 17.5. The molecule has 3 nitrogen and oxygen atoms in total. The number of rotatable bonds is 4. The van der Waals surface area contributed by atoms with Gasteiger partial charge in [-0.1, -0.05) is 12.1 Å². The van der Waals surface area contributed by atoms with Crippen molar-refractivity contribution < 1.29 is 9.53 Å². The summed E-state index contributed by atoms with van der Waals surface area (Å²) in [5.41, 5.74) is 1.48. The van der Waals surface area contributed by atoms with E-state index in [-0.39, 0.29) is 5.78 Å². The molecule has 0 radical (unpaired) electrons. The Balaban J connectivity index is 1.88. The van der Waals surface area contributed by atoms with E-state index in [1.807, 2.05) is 38.1 Å². The van der Waals surface area contributed by atoms with E-state index in [9.17, 15) is 4.79 Å². The summed E-state index contributed by atoms with van der Waals surface area (Å²) in [5, 5.41) is 0.922. The number of aromatic nitrogens is 1. The van der Waals surface area contributed by atoms with E-state index in [0.29, 0.717) is 11.7 Å². The summed E-state index contributed by atoms with van der Waals surface area (Å²) in [6.45, 7) is 3.79. The third kappa shape index (κ3) is 2.68. The number of carbonyl (C=O) groups is 1. The molecule has 0 saturated heterocycles. The molecule has 1 fully saturated rings. The molecule has 0 N–H and O–H groups in total. The summed E-state index contributed by atoms with van der Waals surface area (Å²) in [6.07, 6.45) is 2.58. The van der Waals surface area contributed by atoms with Crippen LogP contribution in [0, 0.1) is 13.8 Å². The third-order valence-corrected chi connectivity index (χ3v) is 4.10. The van der Waals surface area contributed by atoms with Crippen molar-refractivity contribution in [3.8, 4) is 5.75 Å². The highest BCUT2D eigenvalue weighted by molar-refractivity contribution is 7.14. The molecule has 0 atom stereocenters. The monoisotopic (exact) mass is 273 g/mol. The molecule has 0 amide bonds.